The first kappa shape index (κ1) is 20.4. The van der Waals surface area contributed by atoms with Crippen molar-refractivity contribution in [2.75, 3.05) is 0 Å². The topological polar surface area (TPSA) is 93.8 Å². The fourth-order valence-electron chi connectivity index (χ4n) is 4.07. The molecular weight excluding hydrogens is 452 g/mol. The van der Waals surface area contributed by atoms with E-state index >= 15 is 0 Å². The molecule has 1 aliphatic heterocycles. The molecule has 0 aliphatic carbocycles. The van der Waals surface area contributed by atoms with Crippen molar-refractivity contribution < 1.29 is 13.6 Å². The Morgan fingerprint density at radius 1 is 1.06 bits per heavy atom. The van der Waals surface area contributed by atoms with Crippen LogP contribution in [0.1, 0.15) is 24.0 Å². The van der Waals surface area contributed by atoms with Crippen LogP contribution in [0.2, 0.25) is 0 Å². The van der Waals surface area contributed by atoms with Crippen molar-refractivity contribution >= 4 is 33.2 Å². The van der Waals surface area contributed by atoms with Crippen molar-refractivity contribution in [2.45, 2.75) is 19.0 Å². The number of rotatable bonds is 5. The molecule has 1 amide bonds. The summed E-state index contributed by atoms with van der Waals surface area (Å²) in [4.78, 5) is 32.5. The molecule has 0 spiro atoms. The summed E-state index contributed by atoms with van der Waals surface area (Å²) in [6.45, 7) is -0.190. The Balaban J connectivity index is 1.32. The third-order valence-corrected chi connectivity index (χ3v) is 6.82. The van der Waals surface area contributed by atoms with E-state index < -0.39 is 6.04 Å². The second-order valence-electron chi connectivity index (χ2n) is 7.87. The van der Waals surface area contributed by atoms with Gasteiger partial charge in [-0.05, 0) is 35.9 Å². The highest BCUT2D eigenvalue weighted by atomic mass is 32.1. The summed E-state index contributed by atoms with van der Waals surface area (Å²) >= 11 is 1.45. The van der Waals surface area contributed by atoms with Gasteiger partial charge in [0.25, 0.3) is 11.5 Å². The Labute approximate surface area is 197 Å². The van der Waals surface area contributed by atoms with Crippen molar-refractivity contribution in [3.63, 3.8) is 0 Å². The third kappa shape index (κ3) is 3.56. The zero-order valence-corrected chi connectivity index (χ0v) is 18.6. The summed E-state index contributed by atoms with van der Waals surface area (Å²) in [5, 5.41) is 6.37. The van der Waals surface area contributed by atoms with Crippen LogP contribution >= 0.6 is 11.3 Å². The zero-order valence-electron chi connectivity index (χ0n) is 17.8. The highest BCUT2D eigenvalue weighted by Crippen LogP contribution is 2.34. The van der Waals surface area contributed by atoms with Crippen LogP contribution in [0.5, 0.6) is 0 Å². The van der Waals surface area contributed by atoms with E-state index in [1.807, 2.05) is 42.5 Å². The number of aromatic nitrogens is 2. The van der Waals surface area contributed by atoms with Gasteiger partial charge in [-0.2, -0.15) is 5.10 Å². The number of hydrogen-bond acceptors (Lipinski definition) is 7. The highest BCUT2D eigenvalue weighted by Gasteiger charge is 2.35. The molecule has 0 radical (unpaired) electrons. The standard InChI is InChI=1S/C25H18N4O4S/c30-23(29-19(21-9-5-11-33-21)13-18(27-29)20-8-4-10-32-20)14-28-15-26-24-17(25(28)31)12-22(34-24)16-6-2-1-3-7-16/h1-12,15,19H,13-14H2. The molecule has 0 bridgehead atoms. The summed E-state index contributed by atoms with van der Waals surface area (Å²) in [7, 11) is 0. The minimum absolute atomic E-state index is 0.190. The molecule has 5 heterocycles. The molecule has 0 saturated heterocycles. The number of amides is 1. The Morgan fingerprint density at radius 2 is 1.88 bits per heavy atom. The fraction of sp³-hybridized carbons (Fsp3) is 0.120. The lowest BCUT2D eigenvalue weighted by molar-refractivity contribution is -0.134. The van der Waals surface area contributed by atoms with Crippen molar-refractivity contribution in [1.82, 2.24) is 14.6 Å². The monoisotopic (exact) mass is 470 g/mol. The Bertz CT molecular complexity index is 1550. The summed E-state index contributed by atoms with van der Waals surface area (Å²) in [6, 6.07) is 18.4. The van der Waals surface area contributed by atoms with E-state index in [-0.39, 0.29) is 18.0 Å². The lowest BCUT2D eigenvalue weighted by Crippen LogP contribution is -2.33. The van der Waals surface area contributed by atoms with Gasteiger partial charge in [0.1, 0.15) is 34.6 Å². The largest absolute Gasteiger partial charge is 0.467 e. The number of furan rings is 2. The van der Waals surface area contributed by atoms with Gasteiger partial charge in [0, 0.05) is 11.3 Å². The van der Waals surface area contributed by atoms with Gasteiger partial charge in [-0.25, -0.2) is 9.99 Å². The zero-order chi connectivity index (χ0) is 23.1. The van der Waals surface area contributed by atoms with Gasteiger partial charge in [-0.15, -0.1) is 11.3 Å². The third-order valence-electron chi connectivity index (χ3n) is 5.73. The smallest absolute Gasteiger partial charge is 0.263 e. The molecule has 1 aliphatic rings. The van der Waals surface area contributed by atoms with Gasteiger partial charge in [0.15, 0.2) is 0 Å². The summed E-state index contributed by atoms with van der Waals surface area (Å²) in [5.41, 5.74) is 1.40. The van der Waals surface area contributed by atoms with E-state index in [0.717, 1.165) is 10.4 Å². The molecule has 34 heavy (non-hydrogen) atoms. The maximum Gasteiger partial charge on any atom is 0.263 e. The van der Waals surface area contributed by atoms with Gasteiger partial charge < -0.3 is 8.83 Å². The fourth-order valence-corrected chi connectivity index (χ4v) is 5.06. The van der Waals surface area contributed by atoms with Gasteiger partial charge in [-0.3, -0.25) is 14.2 Å². The molecule has 6 rings (SSSR count). The van der Waals surface area contributed by atoms with Crippen LogP contribution in [0.15, 0.2) is 98.2 Å². The average Bonchev–Trinajstić information content (AvgIpc) is 3.67. The van der Waals surface area contributed by atoms with E-state index in [9.17, 15) is 9.59 Å². The van der Waals surface area contributed by atoms with E-state index in [0.29, 0.717) is 33.9 Å². The Hall–Kier alpha value is -4.24. The first-order chi connectivity index (χ1) is 16.7. The highest BCUT2D eigenvalue weighted by molar-refractivity contribution is 7.21. The molecule has 8 nitrogen and oxygen atoms in total. The number of benzene rings is 1. The number of hydrogen-bond donors (Lipinski definition) is 0. The first-order valence-electron chi connectivity index (χ1n) is 10.7. The molecule has 1 atom stereocenters. The molecule has 9 heteroatoms. The lowest BCUT2D eigenvalue weighted by atomic mass is 10.1. The maximum atomic E-state index is 13.3. The second-order valence-corrected chi connectivity index (χ2v) is 8.90. The Kier molecular flexibility index (Phi) is 4.96. The van der Waals surface area contributed by atoms with Crippen molar-refractivity contribution in [2.24, 2.45) is 5.10 Å². The minimum Gasteiger partial charge on any atom is -0.467 e. The molecule has 0 N–H and O–H groups in total. The van der Waals surface area contributed by atoms with Crippen LogP contribution in [-0.2, 0) is 11.3 Å². The summed E-state index contributed by atoms with van der Waals surface area (Å²) in [6.07, 6.45) is 4.99. The maximum absolute atomic E-state index is 13.3. The van der Waals surface area contributed by atoms with Crippen LogP contribution < -0.4 is 5.56 Å². The minimum atomic E-state index is -0.416. The number of nitrogens with zero attached hydrogens (tertiary/aromatic N) is 4. The van der Waals surface area contributed by atoms with Crippen LogP contribution in [0.4, 0.5) is 0 Å². The predicted molar refractivity (Wildman–Crippen MR) is 127 cm³/mol. The first-order valence-corrected chi connectivity index (χ1v) is 11.5. The van der Waals surface area contributed by atoms with Gasteiger partial charge >= 0.3 is 0 Å². The van der Waals surface area contributed by atoms with E-state index in [1.165, 1.54) is 27.2 Å². The normalized spacial score (nSPS) is 15.7. The van der Waals surface area contributed by atoms with Crippen LogP contribution in [0, 0.1) is 0 Å². The van der Waals surface area contributed by atoms with E-state index in [1.54, 1.807) is 30.7 Å². The van der Waals surface area contributed by atoms with Crippen LogP contribution in [0.25, 0.3) is 20.7 Å². The Morgan fingerprint density at radius 3 is 2.65 bits per heavy atom. The number of fused-ring (bicyclic) bond motifs is 1. The second kappa shape index (κ2) is 8.27. The van der Waals surface area contributed by atoms with Crippen molar-refractivity contribution in [3.05, 3.63) is 101 Å². The van der Waals surface area contributed by atoms with Crippen LogP contribution in [-0.4, -0.2) is 26.2 Å². The predicted octanol–water partition coefficient (Wildman–Crippen LogP) is 4.69. The summed E-state index contributed by atoms with van der Waals surface area (Å²) in [5.74, 6) is 0.869. The molecular formula is C25H18N4O4S. The van der Waals surface area contributed by atoms with Crippen molar-refractivity contribution in [1.29, 1.82) is 0 Å². The average molecular weight is 471 g/mol. The van der Waals surface area contributed by atoms with Gasteiger partial charge in [-0.1, -0.05) is 30.3 Å². The SMILES string of the molecule is O=C(Cn1cnc2sc(-c3ccccc3)cc2c1=O)N1N=C(c2ccco2)CC1c1ccco1. The number of hydrazone groups is 1. The molecule has 0 saturated carbocycles. The van der Waals surface area contributed by atoms with Crippen molar-refractivity contribution in [3.8, 4) is 10.4 Å². The molecule has 1 unspecified atom stereocenters. The number of carbonyl (C=O) groups is 1. The van der Waals surface area contributed by atoms with Gasteiger partial charge in [0.2, 0.25) is 0 Å². The lowest BCUT2D eigenvalue weighted by Gasteiger charge is -2.20. The van der Waals surface area contributed by atoms with E-state index in [2.05, 4.69) is 10.1 Å². The number of thiophene rings is 1. The van der Waals surface area contributed by atoms with Gasteiger partial charge in [0.05, 0.1) is 24.2 Å². The molecule has 0 fully saturated rings. The molecule has 4 aromatic heterocycles. The number of carbonyl (C=O) groups excluding carboxylic acids is 1. The molecule has 1 aromatic carbocycles. The quantitative estimate of drug-likeness (QED) is 0.372. The molecule has 168 valence electrons. The molecule has 5 aromatic rings. The van der Waals surface area contributed by atoms with E-state index in [4.69, 9.17) is 8.83 Å². The van der Waals surface area contributed by atoms with Crippen LogP contribution in [0.3, 0.4) is 0 Å². The summed E-state index contributed by atoms with van der Waals surface area (Å²) < 4.78 is 12.4.